The highest BCUT2D eigenvalue weighted by atomic mass is 16.5. The number of benzene rings is 4. The number of nitrogens with zero attached hydrogens (tertiary/aromatic N) is 2. The molecule has 7 rings (SSSR count). The molecule has 0 aromatic heterocycles. The zero-order valence-corrected chi connectivity index (χ0v) is 18.6. The Bertz CT molecular complexity index is 1620. The van der Waals surface area contributed by atoms with E-state index in [1.807, 2.05) is 12.1 Å². The number of hydrogen-bond acceptors (Lipinski definition) is 7. The molecule has 0 fully saturated rings. The minimum absolute atomic E-state index is 0.0441. The molecule has 3 N–H and O–H groups in total. The van der Waals surface area contributed by atoms with Gasteiger partial charge >= 0.3 is 0 Å². The van der Waals surface area contributed by atoms with Crippen molar-refractivity contribution >= 4 is 28.8 Å². The Hall–Kier alpha value is -5.11. The molecule has 36 heavy (non-hydrogen) atoms. The summed E-state index contributed by atoms with van der Waals surface area (Å²) in [7, 11) is 0. The number of amides is 1. The molecule has 0 radical (unpaired) electrons. The molecule has 8 heteroatoms. The van der Waals surface area contributed by atoms with Crippen LogP contribution in [0.2, 0.25) is 0 Å². The number of Topliss-reactive ketones (excluding diaryl/α,β-unsaturated/α-hetero) is 1. The van der Waals surface area contributed by atoms with Gasteiger partial charge in [-0.1, -0.05) is 30.3 Å². The average molecular weight is 475 g/mol. The third kappa shape index (κ3) is 2.50. The number of fused-ring (bicyclic) bond motifs is 6. The molecule has 1 amide bonds. The van der Waals surface area contributed by atoms with E-state index in [2.05, 4.69) is 5.32 Å². The van der Waals surface area contributed by atoms with Gasteiger partial charge in [0, 0.05) is 34.4 Å². The highest BCUT2D eigenvalue weighted by Gasteiger charge is 2.59. The number of carbonyl (C=O) groups is 2. The topological polar surface area (TPSA) is 111 Å². The molecule has 0 saturated carbocycles. The number of nitrogens with one attached hydrogen (secondary N) is 1. The fourth-order valence-corrected chi connectivity index (χ4v) is 5.28. The van der Waals surface area contributed by atoms with Crippen molar-refractivity contribution in [2.75, 3.05) is 10.3 Å². The minimum atomic E-state index is -1.54. The summed E-state index contributed by atoms with van der Waals surface area (Å²) in [5.41, 5.74) is 1.74. The van der Waals surface area contributed by atoms with E-state index in [-0.39, 0.29) is 40.4 Å². The summed E-state index contributed by atoms with van der Waals surface area (Å²) in [6.07, 6.45) is 0. The maximum Gasteiger partial charge on any atom is 0.276 e. The van der Waals surface area contributed by atoms with E-state index in [1.165, 1.54) is 24.3 Å². The summed E-state index contributed by atoms with van der Waals surface area (Å²) in [4.78, 5) is 27.4. The van der Waals surface area contributed by atoms with Crippen molar-refractivity contribution in [2.24, 2.45) is 5.10 Å². The molecule has 0 aliphatic carbocycles. The van der Waals surface area contributed by atoms with Crippen molar-refractivity contribution in [1.29, 1.82) is 0 Å². The van der Waals surface area contributed by atoms with Crippen LogP contribution in [0.1, 0.15) is 27.0 Å². The van der Waals surface area contributed by atoms with Gasteiger partial charge in [-0.15, -0.1) is 0 Å². The Kier molecular flexibility index (Phi) is 3.92. The quantitative estimate of drug-likeness (QED) is 0.374. The number of phenols is 2. The van der Waals surface area contributed by atoms with Crippen LogP contribution in [0.4, 0.5) is 11.4 Å². The SMILES string of the molecule is O=C1Nc2ccccc2/C1=N\N1c2ccccc2C(=O)C12c1ccc(O)cc1Oc1cc(O)ccc12. The fraction of sp³-hybridized carbons (Fsp3) is 0.0357. The molecule has 4 aromatic rings. The number of aromatic hydroxyl groups is 2. The number of carbonyl (C=O) groups excluding carboxylic acids is 2. The molecule has 0 unspecified atom stereocenters. The third-order valence-electron chi connectivity index (χ3n) is 6.80. The zero-order chi connectivity index (χ0) is 24.6. The Morgan fingerprint density at radius 1 is 0.778 bits per heavy atom. The van der Waals surface area contributed by atoms with E-state index in [0.717, 1.165) is 0 Å². The highest BCUT2D eigenvalue weighted by Crippen LogP contribution is 2.58. The van der Waals surface area contributed by atoms with Crippen LogP contribution in [0.25, 0.3) is 0 Å². The number of rotatable bonds is 1. The summed E-state index contributed by atoms with van der Waals surface area (Å²) in [5, 5.41) is 29.6. The second kappa shape index (κ2) is 6.96. The van der Waals surface area contributed by atoms with Crippen molar-refractivity contribution in [2.45, 2.75) is 5.54 Å². The van der Waals surface area contributed by atoms with Crippen LogP contribution in [0.15, 0.2) is 90.0 Å². The van der Waals surface area contributed by atoms with Crippen LogP contribution in [-0.4, -0.2) is 27.6 Å². The lowest BCUT2D eigenvalue weighted by Gasteiger charge is -2.40. The molecule has 3 aliphatic rings. The largest absolute Gasteiger partial charge is 0.508 e. The number of ketones is 1. The van der Waals surface area contributed by atoms with Gasteiger partial charge in [0.25, 0.3) is 5.91 Å². The van der Waals surface area contributed by atoms with E-state index in [9.17, 15) is 19.8 Å². The van der Waals surface area contributed by atoms with E-state index in [0.29, 0.717) is 33.6 Å². The van der Waals surface area contributed by atoms with E-state index >= 15 is 0 Å². The van der Waals surface area contributed by atoms with Crippen LogP contribution < -0.4 is 15.1 Å². The Morgan fingerprint density at radius 3 is 2.08 bits per heavy atom. The Morgan fingerprint density at radius 2 is 1.39 bits per heavy atom. The second-order valence-corrected chi connectivity index (χ2v) is 8.78. The lowest BCUT2D eigenvalue weighted by molar-refractivity contribution is -0.110. The van der Waals surface area contributed by atoms with Crippen LogP contribution >= 0.6 is 0 Å². The number of anilines is 2. The van der Waals surface area contributed by atoms with E-state index in [4.69, 9.17) is 9.84 Å². The predicted octanol–water partition coefficient (Wildman–Crippen LogP) is 4.51. The first kappa shape index (κ1) is 20.3. The smallest absolute Gasteiger partial charge is 0.276 e. The van der Waals surface area contributed by atoms with Crippen LogP contribution in [0, 0.1) is 0 Å². The first-order chi connectivity index (χ1) is 17.5. The van der Waals surface area contributed by atoms with Gasteiger partial charge in [0.1, 0.15) is 23.0 Å². The molecule has 8 nitrogen and oxygen atoms in total. The number of para-hydroxylation sites is 2. The molecule has 174 valence electrons. The summed E-state index contributed by atoms with van der Waals surface area (Å²) < 4.78 is 6.04. The fourth-order valence-electron chi connectivity index (χ4n) is 5.28. The maximum atomic E-state index is 14.4. The van der Waals surface area contributed by atoms with Gasteiger partial charge in [-0.25, -0.2) is 5.01 Å². The molecular weight excluding hydrogens is 458 g/mol. The van der Waals surface area contributed by atoms with E-state index < -0.39 is 5.54 Å². The van der Waals surface area contributed by atoms with Gasteiger partial charge < -0.3 is 20.3 Å². The van der Waals surface area contributed by atoms with Crippen LogP contribution in [0.5, 0.6) is 23.0 Å². The Labute approximate surface area is 204 Å². The Balaban J connectivity index is 1.59. The van der Waals surface area contributed by atoms with Gasteiger partial charge in [0.05, 0.1) is 11.4 Å². The molecule has 0 atom stereocenters. The number of ether oxygens (including phenoxy) is 1. The summed E-state index contributed by atoms with van der Waals surface area (Å²) >= 11 is 0. The lowest BCUT2D eigenvalue weighted by Crippen LogP contribution is -2.48. The first-order valence-corrected chi connectivity index (χ1v) is 11.3. The van der Waals surface area contributed by atoms with Gasteiger partial charge in [-0.3, -0.25) is 9.59 Å². The zero-order valence-electron chi connectivity index (χ0n) is 18.6. The van der Waals surface area contributed by atoms with E-state index in [1.54, 1.807) is 53.5 Å². The van der Waals surface area contributed by atoms with Crippen molar-refractivity contribution in [3.05, 3.63) is 107 Å². The van der Waals surface area contributed by atoms with Crippen LogP contribution in [0.3, 0.4) is 0 Å². The molecule has 4 aromatic carbocycles. The normalized spacial score (nSPS) is 17.3. The van der Waals surface area contributed by atoms with Gasteiger partial charge in [-0.05, 0) is 42.5 Å². The minimum Gasteiger partial charge on any atom is -0.508 e. The molecule has 1 spiro atoms. The average Bonchev–Trinajstić information content (AvgIpc) is 3.31. The number of phenolic OH excluding ortho intramolecular Hbond substituents is 2. The number of hydrogen-bond donors (Lipinski definition) is 3. The van der Waals surface area contributed by atoms with Crippen molar-refractivity contribution in [3.8, 4) is 23.0 Å². The molecule has 0 saturated heterocycles. The van der Waals surface area contributed by atoms with Crippen molar-refractivity contribution in [1.82, 2.24) is 0 Å². The lowest BCUT2D eigenvalue weighted by atomic mass is 9.77. The summed E-state index contributed by atoms with van der Waals surface area (Å²) in [6.45, 7) is 0. The van der Waals surface area contributed by atoms with Crippen molar-refractivity contribution in [3.63, 3.8) is 0 Å². The first-order valence-electron chi connectivity index (χ1n) is 11.3. The predicted molar refractivity (Wildman–Crippen MR) is 132 cm³/mol. The summed E-state index contributed by atoms with van der Waals surface area (Å²) in [5.74, 6) is -0.246. The standard InChI is InChI=1S/C28H17N3O5/c32-15-9-11-19-23(13-15)36-24-14-16(33)10-12-20(24)28(19)26(34)18-6-2-4-8-22(18)31(28)30-25-17-5-1-3-7-21(17)29-27(25)35/h1-14,32-33H,(H,29,30,35). The van der Waals surface area contributed by atoms with Gasteiger partial charge in [0.2, 0.25) is 5.78 Å². The summed E-state index contributed by atoms with van der Waals surface area (Å²) in [6, 6.07) is 23.3. The monoisotopic (exact) mass is 475 g/mol. The van der Waals surface area contributed by atoms with Gasteiger partial charge in [0.15, 0.2) is 11.3 Å². The molecule has 0 bridgehead atoms. The second-order valence-electron chi connectivity index (χ2n) is 8.78. The molecule has 3 heterocycles. The van der Waals surface area contributed by atoms with Crippen molar-refractivity contribution < 1.29 is 24.5 Å². The maximum absolute atomic E-state index is 14.4. The van der Waals surface area contributed by atoms with Crippen LogP contribution in [-0.2, 0) is 10.3 Å². The number of hydrazone groups is 1. The highest BCUT2D eigenvalue weighted by molar-refractivity contribution is 6.54. The molecular formula is C28H17N3O5. The molecule has 3 aliphatic heterocycles. The van der Waals surface area contributed by atoms with Gasteiger partial charge in [-0.2, -0.15) is 5.10 Å². The third-order valence-corrected chi connectivity index (χ3v) is 6.80.